The van der Waals surface area contributed by atoms with Gasteiger partial charge < -0.3 is 16.0 Å². The van der Waals surface area contributed by atoms with Gasteiger partial charge in [0.2, 0.25) is 16.0 Å². The molecule has 0 aliphatic rings. The van der Waals surface area contributed by atoms with Crippen molar-refractivity contribution >= 4 is 56.4 Å². The summed E-state index contributed by atoms with van der Waals surface area (Å²) in [4.78, 5) is 20.0. The average Bonchev–Trinajstić information content (AvgIpc) is 2.72. The van der Waals surface area contributed by atoms with Crippen LogP contribution in [0.3, 0.4) is 0 Å². The van der Waals surface area contributed by atoms with Crippen molar-refractivity contribution in [2.75, 3.05) is 28.7 Å². The summed E-state index contributed by atoms with van der Waals surface area (Å²) < 4.78 is 39.8. The van der Waals surface area contributed by atoms with Gasteiger partial charge in [-0.25, -0.2) is 17.8 Å². The summed E-state index contributed by atoms with van der Waals surface area (Å²) >= 11 is 6.17. The fourth-order valence-corrected chi connectivity index (χ4v) is 3.27. The van der Waals surface area contributed by atoms with E-state index in [0.29, 0.717) is 11.4 Å². The van der Waals surface area contributed by atoms with E-state index in [0.717, 1.165) is 12.3 Å². The van der Waals surface area contributed by atoms with E-state index in [-0.39, 0.29) is 33.9 Å². The standard InChI is InChI=1S/C19H18ClFN6O3S/c1-22-18(28)11-7-8-13(21)16(9-11)25-19-23-10-12(20)17(26-19)24-14-5-3-4-6-15(14)27-31(2,29)30/h3-10,27H,1-2H3,(H,22,28)(H2,23,24,25,26). The number of anilines is 5. The molecule has 12 heteroatoms. The van der Waals surface area contributed by atoms with Gasteiger partial charge in [0.15, 0.2) is 5.82 Å². The lowest BCUT2D eigenvalue weighted by atomic mass is 10.2. The van der Waals surface area contributed by atoms with Crippen molar-refractivity contribution in [3.05, 3.63) is 65.1 Å². The number of sulfonamides is 1. The van der Waals surface area contributed by atoms with Crippen LogP contribution in [0.4, 0.5) is 33.2 Å². The fraction of sp³-hybridized carbons (Fsp3) is 0.105. The highest BCUT2D eigenvalue weighted by Gasteiger charge is 2.13. The monoisotopic (exact) mass is 464 g/mol. The number of benzene rings is 2. The number of amides is 1. The summed E-state index contributed by atoms with van der Waals surface area (Å²) in [6, 6.07) is 10.4. The van der Waals surface area contributed by atoms with Gasteiger partial charge in [0.25, 0.3) is 5.91 Å². The maximum Gasteiger partial charge on any atom is 0.251 e. The summed E-state index contributed by atoms with van der Waals surface area (Å²) in [7, 11) is -2.04. The molecule has 3 aromatic rings. The first-order chi connectivity index (χ1) is 14.7. The Morgan fingerprint density at radius 1 is 1.06 bits per heavy atom. The van der Waals surface area contributed by atoms with Gasteiger partial charge in [-0.15, -0.1) is 0 Å². The minimum absolute atomic E-state index is 0.00600. The highest BCUT2D eigenvalue weighted by atomic mass is 35.5. The zero-order valence-electron chi connectivity index (χ0n) is 16.4. The summed E-state index contributed by atoms with van der Waals surface area (Å²) in [5.41, 5.74) is 0.929. The molecular formula is C19H18ClFN6O3S. The predicted molar refractivity (Wildman–Crippen MR) is 118 cm³/mol. The van der Waals surface area contributed by atoms with E-state index in [9.17, 15) is 17.6 Å². The molecule has 31 heavy (non-hydrogen) atoms. The van der Waals surface area contributed by atoms with Crippen molar-refractivity contribution in [2.45, 2.75) is 0 Å². The van der Waals surface area contributed by atoms with Crippen molar-refractivity contribution in [1.82, 2.24) is 15.3 Å². The van der Waals surface area contributed by atoms with Crippen LogP contribution in [0.1, 0.15) is 10.4 Å². The van der Waals surface area contributed by atoms with Crippen molar-refractivity contribution in [3.8, 4) is 0 Å². The molecule has 0 fully saturated rings. The zero-order valence-corrected chi connectivity index (χ0v) is 18.0. The van der Waals surface area contributed by atoms with E-state index in [1.54, 1.807) is 24.3 Å². The Kier molecular flexibility index (Phi) is 6.56. The van der Waals surface area contributed by atoms with Gasteiger partial charge in [-0.3, -0.25) is 9.52 Å². The number of carbonyl (C=O) groups excluding carboxylic acids is 1. The zero-order chi connectivity index (χ0) is 22.6. The molecule has 9 nitrogen and oxygen atoms in total. The summed E-state index contributed by atoms with van der Waals surface area (Å²) in [5.74, 6) is -0.820. The molecule has 0 radical (unpaired) electrons. The maximum absolute atomic E-state index is 14.2. The Bertz CT molecular complexity index is 1240. The largest absolute Gasteiger partial charge is 0.355 e. The molecule has 0 aliphatic carbocycles. The van der Waals surface area contributed by atoms with Crippen LogP contribution >= 0.6 is 11.6 Å². The van der Waals surface area contributed by atoms with E-state index in [2.05, 4.69) is 30.6 Å². The van der Waals surface area contributed by atoms with Gasteiger partial charge >= 0.3 is 0 Å². The van der Waals surface area contributed by atoms with Crippen LogP contribution in [0.2, 0.25) is 5.02 Å². The second-order valence-electron chi connectivity index (χ2n) is 6.33. The Labute approximate surface area is 183 Å². The van der Waals surface area contributed by atoms with Crippen LogP contribution in [0.5, 0.6) is 0 Å². The third-order valence-electron chi connectivity index (χ3n) is 3.92. The Morgan fingerprint density at radius 2 is 1.77 bits per heavy atom. The molecule has 0 unspecified atom stereocenters. The number of hydrogen-bond acceptors (Lipinski definition) is 7. The van der Waals surface area contributed by atoms with Gasteiger partial charge in [-0.05, 0) is 30.3 Å². The van der Waals surface area contributed by atoms with Crippen LogP contribution in [-0.2, 0) is 10.0 Å². The fourth-order valence-electron chi connectivity index (χ4n) is 2.55. The number of carbonyl (C=O) groups is 1. The SMILES string of the molecule is CNC(=O)c1ccc(F)c(Nc2ncc(Cl)c(Nc3ccccc3NS(C)(=O)=O)n2)c1. The smallest absolute Gasteiger partial charge is 0.251 e. The lowest BCUT2D eigenvalue weighted by Gasteiger charge is -2.14. The average molecular weight is 465 g/mol. The number of rotatable bonds is 7. The van der Waals surface area contributed by atoms with Crippen molar-refractivity contribution < 1.29 is 17.6 Å². The number of halogens is 2. The Hall–Kier alpha value is -3.44. The van der Waals surface area contributed by atoms with E-state index in [1.807, 2.05) is 0 Å². The number of hydrogen-bond donors (Lipinski definition) is 4. The molecule has 1 amide bonds. The highest BCUT2D eigenvalue weighted by molar-refractivity contribution is 7.92. The molecular weight excluding hydrogens is 447 g/mol. The molecule has 0 aliphatic heterocycles. The molecule has 0 bridgehead atoms. The molecule has 0 saturated heterocycles. The van der Waals surface area contributed by atoms with Gasteiger partial charge in [-0.2, -0.15) is 4.98 Å². The molecule has 1 aromatic heterocycles. The highest BCUT2D eigenvalue weighted by Crippen LogP contribution is 2.30. The van der Waals surface area contributed by atoms with Crippen LogP contribution in [0, 0.1) is 5.82 Å². The second kappa shape index (κ2) is 9.14. The minimum atomic E-state index is -3.51. The number of aromatic nitrogens is 2. The van der Waals surface area contributed by atoms with Crippen LogP contribution < -0.4 is 20.7 Å². The maximum atomic E-state index is 14.2. The molecule has 4 N–H and O–H groups in total. The van der Waals surface area contributed by atoms with Crippen LogP contribution in [0.25, 0.3) is 0 Å². The Morgan fingerprint density at radius 3 is 2.45 bits per heavy atom. The second-order valence-corrected chi connectivity index (χ2v) is 8.49. The normalized spacial score (nSPS) is 11.0. The minimum Gasteiger partial charge on any atom is -0.355 e. The summed E-state index contributed by atoms with van der Waals surface area (Å²) in [5, 5.41) is 8.26. The molecule has 3 rings (SSSR count). The van der Waals surface area contributed by atoms with Gasteiger partial charge in [0, 0.05) is 12.6 Å². The molecule has 2 aromatic carbocycles. The number of para-hydroxylation sites is 2. The first-order valence-corrected chi connectivity index (χ1v) is 11.1. The van der Waals surface area contributed by atoms with Crippen molar-refractivity contribution in [3.63, 3.8) is 0 Å². The van der Waals surface area contributed by atoms with Crippen molar-refractivity contribution in [2.24, 2.45) is 0 Å². The van der Waals surface area contributed by atoms with E-state index in [4.69, 9.17) is 11.6 Å². The first-order valence-electron chi connectivity index (χ1n) is 8.81. The van der Waals surface area contributed by atoms with Gasteiger partial charge in [-0.1, -0.05) is 23.7 Å². The number of nitrogens with zero attached hydrogens (tertiary/aromatic N) is 2. The Balaban J connectivity index is 1.90. The molecule has 0 atom stereocenters. The molecule has 0 saturated carbocycles. The quantitative estimate of drug-likeness (QED) is 0.421. The molecule has 1 heterocycles. The predicted octanol–water partition coefficient (Wildman–Crippen LogP) is 3.49. The third-order valence-corrected chi connectivity index (χ3v) is 4.79. The van der Waals surface area contributed by atoms with Gasteiger partial charge in [0.1, 0.15) is 10.8 Å². The van der Waals surface area contributed by atoms with Crippen LogP contribution in [-0.4, -0.2) is 37.6 Å². The summed E-state index contributed by atoms with van der Waals surface area (Å²) in [6.07, 6.45) is 2.33. The van der Waals surface area contributed by atoms with E-state index < -0.39 is 15.8 Å². The third kappa shape index (κ3) is 5.80. The summed E-state index contributed by atoms with van der Waals surface area (Å²) in [6.45, 7) is 0. The topological polar surface area (TPSA) is 125 Å². The van der Waals surface area contributed by atoms with Crippen LogP contribution in [0.15, 0.2) is 48.7 Å². The van der Waals surface area contributed by atoms with Crippen molar-refractivity contribution in [1.29, 1.82) is 0 Å². The lowest BCUT2D eigenvalue weighted by Crippen LogP contribution is -2.18. The molecule has 0 spiro atoms. The van der Waals surface area contributed by atoms with E-state index >= 15 is 0 Å². The number of nitrogens with one attached hydrogen (secondary N) is 4. The lowest BCUT2D eigenvalue weighted by molar-refractivity contribution is 0.0963. The van der Waals surface area contributed by atoms with E-state index in [1.165, 1.54) is 25.4 Å². The van der Waals surface area contributed by atoms with Gasteiger partial charge in [0.05, 0.1) is 29.5 Å². The molecule has 162 valence electrons. The first kappa shape index (κ1) is 22.2.